The molecule has 3 aromatic rings. The number of pyridine rings is 1. The van der Waals surface area contributed by atoms with Crippen LogP contribution in [-0.4, -0.2) is 16.1 Å². The lowest BCUT2D eigenvalue weighted by Crippen LogP contribution is -2.04. The van der Waals surface area contributed by atoms with Crippen LogP contribution < -0.4 is 5.32 Å². The number of nitrogens with one attached hydrogen (secondary N) is 1. The Morgan fingerprint density at radius 2 is 1.83 bits per heavy atom. The number of aryl methyl sites for hydroxylation is 1. The average Bonchev–Trinajstić information content (AvgIpc) is 2.53. The second-order valence-electron chi connectivity index (χ2n) is 5.20. The SMILES string of the molecule is Cc1nc2ccc(Cl)cc2c(Nc2ccc(Cl)cc2C(=O)O)c1S. The number of nitrogens with zero attached hydrogens (tertiary/aromatic N) is 1. The van der Waals surface area contributed by atoms with Crippen molar-refractivity contribution >= 4 is 64.1 Å². The summed E-state index contributed by atoms with van der Waals surface area (Å²) in [5.41, 5.74) is 2.59. The van der Waals surface area contributed by atoms with Crippen LogP contribution in [0.2, 0.25) is 10.0 Å². The van der Waals surface area contributed by atoms with E-state index in [1.165, 1.54) is 6.07 Å². The fourth-order valence-corrected chi connectivity index (χ4v) is 2.98. The van der Waals surface area contributed by atoms with Crippen LogP contribution in [0.4, 0.5) is 11.4 Å². The van der Waals surface area contributed by atoms with Crippen molar-refractivity contribution in [1.82, 2.24) is 4.98 Å². The lowest BCUT2D eigenvalue weighted by molar-refractivity contribution is 0.0698. The minimum Gasteiger partial charge on any atom is -0.478 e. The Morgan fingerprint density at radius 1 is 1.17 bits per heavy atom. The number of hydrogen-bond donors (Lipinski definition) is 3. The first kappa shape index (κ1) is 16.9. The van der Waals surface area contributed by atoms with Gasteiger partial charge in [0.2, 0.25) is 0 Å². The van der Waals surface area contributed by atoms with E-state index in [1.807, 2.05) is 13.0 Å². The van der Waals surface area contributed by atoms with Crippen LogP contribution in [0.25, 0.3) is 10.9 Å². The molecule has 4 nitrogen and oxygen atoms in total. The fraction of sp³-hybridized carbons (Fsp3) is 0.0588. The second-order valence-corrected chi connectivity index (χ2v) is 6.52. The molecule has 0 unspecified atom stereocenters. The number of carboxylic acid groups (broad SMARTS) is 1. The zero-order chi connectivity index (χ0) is 17.4. The van der Waals surface area contributed by atoms with E-state index in [-0.39, 0.29) is 5.56 Å². The summed E-state index contributed by atoms with van der Waals surface area (Å²) in [6, 6.07) is 9.96. The molecule has 0 saturated heterocycles. The van der Waals surface area contributed by atoms with Gasteiger partial charge in [0.05, 0.1) is 28.1 Å². The van der Waals surface area contributed by atoms with Gasteiger partial charge in [-0.05, 0) is 43.3 Å². The van der Waals surface area contributed by atoms with E-state index < -0.39 is 5.97 Å². The monoisotopic (exact) mass is 378 g/mol. The zero-order valence-electron chi connectivity index (χ0n) is 12.5. The van der Waals surface area contributed by atoms with Gasteiger partial charge in [0.1, 0.15) is 0 Å². The number of thiol groups is 1. The second kappa shape index (κ2) is 6.51. The molecule has 3 rings (SSSR count). The number of aromatic carboxylic acids is 1. The summed E-state index contributed by atoms with van der Waals surface area (Å²) in [5.74, 6) is -1.08. The third-order valence-corrected chi connectivity index (χ3v) is 4.58. The fourth-order valence-electron chi connectivity index (χ4n) is 2.41. The van der Waals surface area contributed by atoms with Crippen LogP contribution in [0, 0.1) is 6.92 Å². The summed E-state index contributed by atoms with van der Waals surface area (Å²) in [4.78, 5) is 16.6. The van der Waals surface area contributed by atoms with E-state index in [0.29, 0.717) is 26.3 Å². The molecular weight excluding hydrogens is 367 g/mol. The van der Waals surface area contributed by atoms with Gasteiger partial charge in [-0.25, -0.2) is 4.79 Å². The van der Waals surface area contributed by atoms with Crippen molar-refractivity contribution in [1.29, 1.82) is 0 Å². The van der Waals surface area contributed by atoms with E-state index in [2.05, 4.69) is 22.9 Å². The Bertz CT molecular complexity index is 976. The highest BCUT2D eigenvalue weighted by atomic mass is 35.5. The molecule has 122 valence electrons. The van der Waals surface area contributed by atoms with Crippen LogP contribution in [0.3, 0.4) is 0 Å². The van der Waals surface area contributed by atoms with E-state index in [1.54, 1.807) is 24.3 Å². The van der Waals surface area contributed by atoms with Crippen molar-refractivity contribution in [2.45, 2.75) is 11.8 Å². The summed E-state index contributed by atoms with van der Waals surface area (Å²) in [7, 11) is 0. The van der Waals surface area contributed by atoms with Crippen LogP contribution in [-0.2, 0) is 0 Å². The molecule has 24 heavy (non-hydrogen) atoms. The molecular formula is C17H12Cl2N2O2S. The molecule has 0 saturated carbocycles. The minimum absolute atomic E-state index is 0.0693. The molecule has 1 aromatic heterocycles. The molecule has 0 radical (unpaired) electrons. The lowest BCUT2D eigenvalue weighted by Gasteiger charge is -2.16. The summed E-state index contributed by atoms with van der Waals surface area (Å²) >= 11 is 16.5. The highest BCUT2D eigenvalue weighted by molar-refractivity contribution is 7.80. The normalized spacial score (nSPS) is 10.8. The number of rotatable bonds is 3. The first-order chi connectivity index (χ1) is 11.4. The van der Waals surface area contributed by atoms with Crippen LogP contribution >= 0.6 is 35.8 Å². The quantitative estimate of drug-likeness (QED) is 0.520. The predicted octanol–water partition coefficient (Wildman–Crippen LogP) is 5.58. The molecule has 0 fully saturated rings. The first-order valence-electron chi connectivity index (χ1n) is 6.95. The molecule has 0 aliphatic heterocycles. The molecule has 1 heterocycles. The van der Waals surface area contributed by atoms with E-state index in [4.69, 9.17) is 23.2 Å². The van der Waals surface area contributed by atoms with Crippen molar-refractivity contribution in [3.63, 3.8) is 0 Å². The van der Waals surface area contributed by atoms with Gasteiger partial charge in [-0.1, -0.05) is 23.2 Å². The Morgan fingerprint density at radius 3 is 2.54 bits per heavy atom. The Hall–Kier alpha value is -1.95. The maximum atomic E-state index is 11.5. The maximum Gasteiger partial charge on any atom is 0.337 e. The molecule has 2 N–H and O–H groups in total. The number of benzene rings is 2. The molecule has 0 aliphatic carbocycles. The average molecular weight is 379 g/mol. The van der Waals surface area contributed by atoms with Gasteiger partial charge in [-0.3, -0.25) is 4.98 Å². The third kappa shape index (κ3) is 3.15. The van der Waals surface area contributed by atoms with Crippen molar-refractivity contribution in [2.75, 3.05) is 5.32 Å². The summed E-state index contributed by atoms with van der Waals surface area (Å²) in [6.07, 6.45) is 0. The Labute approximate surface area is 153 Å². The van der Waals surface area contributed by atoms with Gasteiger partial charge in [-0.2, -0.15) is 0 Å². The Balaban J connectivity index is 2.22. The molecule has 0 aliphatic rings. The molecule has 2 aromatic carbocycles. The van der Waals surface area contributed by atoms with Gasteiger partial charge in [0, 0.05) is 20.3 Å². The molecule has 0 amide bonds. The number of hydrogen-bond acceptors (Lipinski definition) is 4. The topological polar surface area (TPSA) is 62.2 Å². The number of halogens is 2. The maximum absolute atomic E-state index is 11.5. The van der Waals surface area contributed by atoms with Crippen LogP contribution in [0.15, 0.2) is 41.3 Å². The van der Waals surface area contributed by atoms with Crippen molar-refractivity contribution < 1.29 is 9.90 Å². The van der Waals surface area contributed by atoms with Crippen molar-refractivity contribution in [3.05, 3.63) is 57.7 Å². The van der Waals surface area contributed by atoms with E-state index in [9.17, 15) is 9.90 Å². The molecule has 0 atom stereocenters. The van der Waals surface area contributed by atoms with Gasteiger partial charge in [0.15, 0.2) is 0 Å². The van der Waals surface area contributed by atoms with E-state index >= 15 is 0 Å². The minimum atomic E-state index is -1.08. The van der Waals surface area contributed by atoms with Crippen molar-refractivity contribution in [3.8, 4) is 0 Å². The third-order valence-electron chi connectivity index (χ3n) is 3.57. The van der Waals surface area contributed by atoms with Gasteiger partial charge in [-0.15, -0.1) is 12.6 Å². The number of carboxylic acids is 1. The standard InChI is InChI=1S/C17H12Cl2N2O2S/c1-8-16(24)15(11-6-9(18)2-4-13(11)20-8)21-14-5-3-10(19)7-12(14)17(22)23/h2-7,24H,1H3,(H,20,21)(H,22,23). The number of fused-ring (bicyclic) bond motifs is 1. The summed E-state index contributed by atoms with van der Waals surface area (Å²) < 4.78 is 0. The van der Waals surface area contributed by atoms with E-state index in [0.717, 1.165) is 16.6 Å². The molecule has 0 bridgehead atoms. The number of carbonyl (C=O) groups is 1. The lowest BCUT2D eigenvalue weighted by atomic mass is 10.1. The number of aromatic nitrogens is 1. The molecule has 7 heteroatoms. The van der Waals surface area contributed by atoms with Gasteiger partial charge in [0.25, 0.3) is 0 Å². The van der Waals surface area contributed by atoms with Gasteiger partial charge >= 0.3 is 5.97 Å². The highest BCUT2D eigenvalue weighted by Crippen LogP contribution is 2.36. The highest BCUT2D eigenvalue weighted by Gasteiger charge is 2.15. The van der Waals surface area contributed by atoms with Gasteiger partial charge < -0.3 is 10.4 Å². The van der Waals surface area contributed by atoms with Crippen molar-refractivity contribution in [2.24, 2.45) is 0 Å². The van der Waals surface area contributed by atoms with Crippen LogP contribution in [0.1, 0.15) is 16.1 Å². The first-order valence-corrected chi connectivity index (χ1v) is 8.16. The smallest absolute Gasteiger partial charge is 0.337 e. The number of anilines is 2. The largest absolute Gasteiger partial charge is 0.478 e. The zero-order valence-corrected chi connectivity index (χ0v) is 14.9. The summed E-state index contributed by atoms with van der Waals surface area (Å²) in [5, 5.41) is 14.2. The van der Waals surface area contributed by atoms with Crippen LogP contribution in [0.5, 0.6) is 0 Å². The molecule has 0 spiro atoms. The predicted molar refractivity (Wildman–Crippen MR) is 100 cm³/mol. The summed E-state index contributed by atoms with van der Waals surface area (Å²) in [6.45, 7) is 1.83. The Kier molecular flexibility index (Phi) is 4.58.